The van der Waals surface area contributed by atoms with Crippen LogP contribution in [0.4, 0.5) is 14.5 Å². The number of halogens is 2. The zero-order chi connectivity index (χ0) is 21.7. The molecule has 0 fully saturated rings. The Morgan fingerprint density at radius 1 is 1.10 bits per heavy atom. The molecule has 1 aliphatic rings. The molecule has 0 bridgehead atoms. The molecule has 2 N–H and O–H groups in total. The second-order valence-corrected chi connectivity index (χ2v) is 6.98. The van der Waals surface area contributed by atoms with Gasteiger partial charge < -0.3 is 29.7 Å². The van der Waals surface area contributed by atoms with Crippen molar-refractivity contribution in [2.75, 3.05) is 32.8 Å². The molecular formula is C21H26F2N4O3. The molecule has 0 amide bonds. The zero-order valence-corrected chi connectivity index (χ0v) is 17.5. The second kappa shape index (κ2) is 9.51. The minimum atomic E-state index is -2.94. The van der Waals surface area contributed by atoms with Gasteiger partial charge in [-0.2, -0.15) is 8.78 Å². The number of ether oxygens (including phenoxy) is 3. The van der Waals surface area contributed by atoms with E-state index in [0.29, 0.717) is 29.6 Å². The number of alkyl halides is 2. The Morgan fingerprint density at radius 2 is 1.77 bits per heavy atom. The first-order valence-electron chi connectivity index (χ1n) is 9.46. The molecule has 0 spiro atoms. The summed E-state index contributed by atoms with van der Waals surface area (Å²) in [6.07, 6.45) is 0. The lowest BCUT2D eigenvalue weighted by Gasteiger charge is -2.17. The maximum Gasteiger partial charge on any atom is 0.387 e. The third-order valence-corrected chi connectivity index (χ3v) is 4.73. The lowest BCUT2D eigenvalue weighted by molar-refractivity contribution is -0.0505. The molecule has 1 heterocycles. The van der Waals surface area contributed by atoms with E-state index in [4.69, 9.17) is 9.47 Å². The molecule has 7 nitrogen and oxygen atoms in total. The van der Waals surface area contributed by atoms with Crippen molar-refractivity contribution in [2.24, 2.45) is 4.99 Å². The first-order chi connectivity index (χ1) is 14.4. The van der Waals surface area contributed by atoms with Gasteiger partial charge in [-0.1, -0.05) is 6.07 Å². The van der Waals surface area contributed by atoms with Crippen molar-refractivity contribution < 1.29 is 23.0 Å². The summed E-state index contributed by atoms with van der Waals surface area (Å²) in [5.41, 5.74) is 3.93. The van der Waals surface area contributed by atoms with Gasteiger partial charge in [-0.25, -0.2) is 0 Å². The smallest absolute Gasteiger partial charge is 0.387 e. The molecule has 0 saturated carbocycles. The molecule has 2 aromatic carbocycles. The molecule has 0 saturated heterocycles. The number of fused-ring (bicyclic) bond motifs is 1. The van der Waals surface area contributed by atoms with E-state index in [0.717, 1.165) is 16.8 Å². The number of rotatable bonds is 7. The van der Waals surface area contributed by atoms with Crippen LogP contribution in [0.15, 0.2) is 35.3 Å². The number of benzene rings is 2. The van der Waals surface area contributed by atoms with Crippen LogP contribution in [0.3, 0.4) is 0 Å². The Bertz CT molecular complexity index is 919. The van der Waals surface area contributed by atoms with Crippen molar-refractivity contribution in [1.82, 2.24) is 10.6 Å². The van der Waals surface area contributed by atoms with Gasteiger partial charge in [0.05, 0.1) is 0 Å². The summed E-state index contributed by atoms with van der Waals surface area (Å²) >= 11 is 0. The number of nitrogens with one attached hydrogen (secondary N) is 2. The van der Waals surface area contributed by atoms with Crippen LogP contribution < -0.4 is 29.7 Å². The van der Waals surface area contributed by atoms with Gasteiger partial charge in [-0.15, -0.1) is 0 Å². The first kappa shape index (κ1) is 21.5. The van der Waals surface area contributed by atoms with E-state index in [9.17, 15) is 8.78 Å². The van der Waals surface area contributed by atoms with Gasteiger partial charge in [-0.05, 0) is 36.2 Å². The zero-order valence-electron chi connectivity index (χ0n) is 17.5. The van der Waals surface area contributed by atoms with E-state index in [1.54, 1.807) is 13.1 Å². The van der Waals surface area contributed by atoms with Gasteiger partial charge in [0.15, 0.2) is 17.5 Å². The van der Waals surface area contributed by atoms with Crippen LogP contribution in [0.2, 0.25) is 0 Å². The van der Waals surface area contributed by atoms with Gasteiger partial charge >= 0.3 is 6.61 Å². The summed E-state index contributed by atoms with van der Waals surface area (Å²) < 4.78 is 40.8. The Balaban J connectivity index is 1.65. The Hall–Kier alpha value is -3.23. The number of aryl methyl sites for hydroxylation is 1. The van der Waals surface area contributed by atoms with Crippen molar-refractivity contribution >= 4 is 11.6 Å². The number of nitrogens with zero attached hydrogens (tertiary/aromatic N) is 2. The molecule has 1 aliphatic heterocycles. The molecule has 0 unspecified atom stereocenters. The highest BCUT2D eigenvalue weighted by Crippen LogP contribution is 2.38. The Labute approximate surface area is 174 Å². The number of hydrogen-bond acceptors (Lipinski definition) is 5. The highest BCUT2D eigenvalue weighted by atomic mass is 19.3. The van der Waals surface area contributed by atoms with E-state index in [1.807, 2.05) is 14.1 Å². The highest BCUT2D eigenvalue weighted by molar-refractivity contribution is 5.79. The van der Waals surface area contributed by atoms with Crippen molar-refractivity contribution in [1.29, 1.82) is 0 Å². The van der Waals surface area contributed by atoms with Gasteiger partial charge in [0.1, 0.15) is 5.75 Å². The summed E-state index contributed by atoms with van der Waals surface area (Å²) in [6, 6.07) is 9.29. The SMILES string of the molecule is CN=C(NCc1ccc(N(C)C)cc1C)NCc1cc2c(cc1OC(F)F)OCO2. The van der Waals surface area contributed by atoms with Crippen LogP contribution in [0.1, 0.15) is 16.7 Å². The third kappa shape index (κ3) is 5.22. The van der Waals surface area contributed by atoms with Gasteiger partial charge in [-0.3, -0.25) is 4.99 Å². The van der Waals surface area contributed by atoms with Crippen LogP contribution in [-0.4, -0.2) is 40.5 Å². The minimum absolute atomic E-state index is 0.0346. The van der Waals surface area contributed by atoms with Crippen LogP contribution in [0.25, 0.3) is 0 Å². The van der Waals surface area contributed by atoms with Crippen LogP contribution in [-0.2, 0) is 13.1 Å². The fourth-order valence-corrected chi connectivity index (χ4v) is 3.04. The summed E-state index contributed by atoms with van der Waals surface area (Å²) in [5, 5.41) is 6.36. The summed E-state index contributed by atoms with van der Waals surface area (Å²) in [7, 11) is 5.65. The van der Waals surface area contributed by atoms with Crippen LogP contribution >= 0.6 is 0 Å². The topological polar surface area (TPSA) is 67.4 Å². The molecule has 3 rings (SSSR count). The maximum atomic E-state index is 12.8. The minimum Gasteiger partial charge on any atom is -0.454 e. The summed E-state index contributed by atoms with van der Waals surface area (Å²) in [6.45, 7) is -0.0387. The van der Waals surface area contributed by atoms with E-state index in [-0.39, 0.29) is 19.1 Å². The molecule has 0 aliphatic carbocycles. The lowest BCUT2D eigenvalue weighted by Crippen LogP contribution is -2.36. The Kier molecular flexibility index (Phi) is 6.81. The number of guanidine groups is 1. The molecule has 162 valence electrons. The molecule has 0 aromatic heterocycles. The monoisotopic (exact) mass is 420 g/mol. The molecular weight excluding hydrogens is 394 g/mol. The van der Waals surface area contributed by atoms with Crippen LogP contribution in [0, 0.1) is 6.92 Å². The van der Waals surface area contributed by atoms with Gasteiger partial charge in [0.2, 0.25) is 6.79 Å². The standard InChI is InChI=1S/C21H26F2N4O3/c1-13-7-16(27(3)4)6-5-14(13)10-25-21(24-2)26-11-15-8-18-19(29-12-28-18)9-17(15)30-20(22)23/h5-9,20H,10-12H2,1-4H3,(H2,24,25,26). The molecule has 0 atom stereocenters. The summed E-state index contributed by atoms with van der Waals surface area (Å²) in [4.78, 5) is 6.25. The Morgan fingerprint density at radius 3 is 2.37 bits per heavy atom. The van der Waals surface area contributed by atoms with E-state index in [2.05, 4.69) is 50.4 Å². The maximum absolute atomic E-state index is 12.8. The van der Waals surface area contributed by atoms with Crippen molar-refractivity contribution in [2.45, 2.75) is 26.6 Å². The predicted octanol–water partition coefficient (Wildman–Crippen LogP) is 3.26. The average Bonchev–Trinajstić information content (AvgIpc) is 3.15. The third-order valence-electron chi connectivity index (χ3n) is 4.73. The first-order valence-corrected chi connectivity index (χ1v) is 9.46. The quantitative estimate of drug-likeness (QED) is 0.530. The lowest BCUT2D eigenvalue weighted by atomic mass is 10.1. The van der Waals surface area contributed by atoms with Crippen LogP contribution in [0.5, 0.6) is 17.2 Å². The highest BCUT2D eigenvalue weighted by Gasteiger charge is 2.20. The molecule has 9 heteroatoms. The number of hydrogen-bond donors (Lipinski definition) is 2. The predicted molar refractivity (Wildman–Crippen MR) is 112 cm³/mol. The van der Waals surface area contributed by atoms with Gasteiger partial charge in [0.25, 0.3) is 0 Å². The number of anilines is 1. The van der Waals surface area contributed by atoms with Crippen molar-refractivity contribution in [3.8, 4) is 17.2 Å². The van der Waals surface area contributed by atoms with Crippen molar-refractivity contribution in [3.63, 3.8) is 0 Å². The van der Waals surface area contributed by atoms with Crippen molar-refractivity contribution in [3.05, 3.63) is 47.0 Å². The van der Waals surface area contributed by atoms with E-state index < -0.39 is 6.61 Å². The largest absolute Gasteiger partial charge is 0.454 e. The molecule has 0 radical (unpaired) electrons. The second-order valence-electron chi connectivity index (χ2n) is 6.98. The average molecular weight is 420 g/mol. The van der Waals surface area contributed by atoms with E-state index >= 15 is 0 Å². The number of aliphatic imine (C=N–C) groups is 1. The fraction of sp³-hybridized carbons (Fsp3) is 0.381. The molecule has 30 heavy (non-hydrogen) atoms. The normalized spacial score (nSPS) is 12.8. The molecule has 2 aromatic rings. The fourth-order valence-electron chi connectivity index (χ4n) is 3.04. The van der Waals surface area contributed by atoms with E-state index in [1.165, 1.54) is 6.07 Å². The van der Waals surface area contributed by atoms with Gasteiger partial charge in [0, 0.05) is 51.5 Å². The summed E-state index contributed by atoms with van der Waals surface area (Å²) in [5.74, 6) is 1.44.